The minimum absolute atomic E-state index is 0.164. The van der Waals surface area contributed by atoms with Gasteiger partial charge in [-0.15, -0.1) is 0 Å². The van der Waals surface area contributed by atoms with Crippen molar-refractivity contribution >= 4 is 28.2 Å². The zero-order valence-corrected chi connectivity index (χ0v) is 17.2. The van der Waals surface area contributed by atoms with Crippen LogP contribution in [0.3, 0.4) is 0 Å². The summed E-state index contributed by atoms with van der Waals surface area (Å²) in [6.45, 7) is -2.46. The molecule has 0 aliphatic rings. The summed E-state index contributed by atoms with van der Waals surface area (Å²) in [4.78, 5) is 47.9. The highest BCUT2D eigenvalue weighted by molar-refractivity contribution is 7.47. The van der Waals surface area contributed by atoms with Gasteiger partial charge >= 0.3 is 15.6 Å². The van der Waals surface area contributed by atoms with E-state index in [9.17, 15) is 54.3 Å². The third-order valence-electron chi connectivity index (χ3n) is 3.53. The van der Waals surface area contributed by atoms with Crippen LogP contribution in [0, 0.1) is 0 Å². The summed E-state index contributed by atoms with van der Waals surface area (Å²) >= 11 is 0. The molecule has 17 nitrogen and oxygen atoms in total. The Balaban J connectivity index is 4.92. The van der Waals surface area contributed by atoms with Crippen LogP contribution in [0.15, 0.2) is 0 Å². The molecule has 0 rings (SSSR count). The predicted molar refractivity (Wildman–Crippen MR) is 92.8 cm³/mol. The van der Waals surface area contributed by atoms with Crippen molar-refractivity contribution in [2.45, 2.75) is 48.8 Å². The summed E-state index contributed by atoms with van der Waals surface area (Å²) in [6.07, 6.45) is -18.5. The zero-order chi connectivity index (χ0) is 24.6. The standard InChI is InChI=1S/C12H24O17P2/c13-1-5(15)9(18)10(19)7(17)4-28-31(25,26)29-8(2-14)12(21)11(20)6(16)3-27-30(22,23)24/h1-2,5-12,15-21H,3-4H2,(H,25,26)(H2,22,23,24)/t5-,6-,7-,8+,9-,10-,11-,12-/m1/s1. The van der Waals surface area contributed by atoms with Gasteiger partial charge in [0.15, 0.2) is 18.7 Å². The number of phosphoric acid groups is 2. The van der Waals surface area contributed by atoms with E-state index >= 15 is 0 Å². The molecule has 9 atom stereocenters. The number of hydrogen-bond acceptors (Lipinski definition) is 14. The highest BCUT2D eigenvalue weighted by Gasteiger charge is 2.39. The molecule has 19 heteroatoms. The normalized spacial score (nSPS) is 22.3. The number of hydrogen-bond donors (Lipinski definition) is 10. The van der Waals surface area contributed by atoms with Crippen LogP contribution in [0.1, 0.15) is 0 Å². The molecule has 0 bridgehead atoms. The van der Waals surface area contributed by atoms with Crippen LogP contribution in [0.25, 0.3) is 0 Å². The summed E-state index contributed by atoms with van der Waals surface area (Å²) in [6, 6.07) is 0. The molecule has 0 aromatic carbocycles. The molecule has 0 saturated carbocycles. The lowest BCUT2D eigenvalue weighted by atomic mass is 10.0. The molecule has 0 aliphatic heterocycles. The average Bonchev–Trinajstić information content (AvgIpc) is 2.70. The summed E-state index contributed by atoms with van der Waals surface area (Å²) in [5.41, 5.74) is 0. The molecule has 0 aromatic heterocycles. The third-order valence-corrected chi connectivity index (χ3v) is 5.00. The zero-order valence-electron chi connectivity index (χ0n) is 15.4. The van der Waals surface area contributed by atoms with Crippen LogP contribution in [-0.4, -0.2) is 125 Å². The average molecular weight is 502 g/mol. The number of rotatable bonds is 16. The molecule has 0 aliphatic carbocycles. The third kappa shape index (κ3) is 11.1. The second-order valence-corrected chi connectivity index (χ2v) is 8.63. The molecule has 184 valence electrons. The first-order valence-corrected chi connectivity index (χ1v) is 11.1. The number of aldehydes is 2. The Kier molecular flexibility index (Phi) is 12.8. The molecule has 0 aromatic rings. The largest absolute Gasteiger partial charge is 0.473 e. The number of carbonyl (C=O) groups excluding carboxylic acids is 2. The quantitative estimate of drug-likeness (QED) is 0.0695. The monoisotopic (exact) mass is 502 g/mol. The Bertz CT molecular complexity index is 653. The van der Waals surface area contributed by atoms with Gasteiger partial charge in [0.2, 0.25) is 0 Å². The first kappa shape index (κ1) is 30.3. The van der Waals surface area contributed by atoms with E-state index in [4.69, 9.17) is 14.9 Å². The van der Waals surface area contributed by atoms with Gasteiger partial charge in [-0.05, 0) is 0 Å². The Morgan fingerprint density at radius 2 is 1.13 bits per heavy atom. The predicted octanol–water partition coefficient (Wildman–Crippen LogP) is -5.48. The van der Waals surface area contributed by atoms with E-state index in [0.717, 1.165) is 0 Å². The molecule has 0 spiro atoms. The first-order chi connectivity index (χ1) is 14.1. The second-order valence-electron chi connectivity index (χ2n) is 5.98. The Morgan fingerprint density at radius 1 is 0.677 bits per heavy atom. The summed E-state index contributed by atoms with van der Waals surface area (Å²) < 4.78 is 34.8. The molecule has 10 N–H and O–H groups in total. The molecule has 31 heavy (non-hydrogen) atoms. The van der Waals surface area contributed by atoms with Crippen molar-refractivity contribution in [2.24, 2.45) is 0 Å². The number of aliphatic hydroxyl groups excluding tert-OH is 7. The first-order valence-electron chi connectivity index (χ1n) is 8.09. The van der Waals surface area contributed by atoms with Crippen LogP contribution in [0.2, 0.25) is 0 Å². The Labute approximate surface area is 173 Å². The lowest BCUT2D eigenvalue weighted by Gasteiger charge is -2.28. The van der Waals surface area contributed by atoms with Crippen molar-refractivity contribution in [3.8, 4) is 0 Å². The van der Waals surface area contributed by atoms with Gasteiger partial charge in [0.05, 0.1) is 13.2 Å². The fourth-order valence-electron chi connectivity index (χ4n) is 1.83. The molecule has 0 saturated heterocycles. The number of phosphoric ester groups is 2. The highest BCUT2D eigenvalue weighted by Crippen LogP contribution is 2.45. The van der Waals surface area contributed by atoms with E-state index in [1.165, 1.54) is 0 Å². The minimum Gasteiger partial charge on any atom is -0.388 e. The maximum Gasteiger partial charge on any atom is 0.473 e. The lowest BCUT2D eigenvalue weighted by molar-refractivity contribution is -0.139. The Hall–Kier alpha value is -0.720. The minimum atomic E-state index is -5.31. The SMILES string of the molecule is O=C[C@@H](O)[C@@H](O)[C@H](O)[C@H](O)COP(=O)(O)O[C@@H](C=O)[C@@H](O)[C@H](O)[C@H](O)COP(=O)(O)O. The fraction of sp³-hybridized carbons (Fsp3) is 0.833. The molecule has 0 fully saturated rings. The smallest absolute Gasteiger partial charge is 0.388 e. The van der Waals surface area contributed by atoms with Crippen molar-refractivity contribution in [1.82, 2.24) is 0 Å². The van der Waals surface area contributed by atoms with Crippen molar-refractivity contribution in [3.05, 3.63) is 0 Å². The molecule has 0 amide bonds. The van der Waals surface area contributed by atoms with Gasteiger partial charge in [-0.2, -0.15) is 0 Å². The van der Waals surface area contributed by atoms with Crippen molar-refractivity contribution in [3.63, 3.8) is 0 Å². The lowest BCUT2D eigenvalue weighted by Crippen LogP contribution is -2.47. The van der Waals surface area contributed by atoms with Crippen LogP contribution in [0.4, 0.5) is 0 Å². The molecule has 0 heterocycles. The van der Waals surface area contributed by atoms with Crippen LogP contribution < -0.4 is 0 Å². The van der Waals surface area contributed by atoms with Gasteiger partial charge in [0.1, 0.15) is 42.7 Å². The molecule has 0 radical (unpaired) electrons. The van der Waals surface area contributed by atoms with Crippen LogP contribution in [0.5, 0.6) is 0 Å². The number of aliphatic hydroxyl groups is 7. The van der Waals surface area contributed by atoms with Gasteiger partial charge < -0.3 is 60.0 Å². The molecule has 1 unspecified atom stereocenters. The summed E-state index contributed by atoms with van der Waals surface area (Å²) in [5, 5.41) is 66.4. The van der Waals surface area contributed by atoms with E-state index in [2.05, 4.69) is 13.6 Å². The second kappa shape index (κ2) is 13.1. The van der Waals surface area contributed by atoms with Crippen LogP contribution in [-0.2, 0) is 32.3 Å². The van der Waals surface area contributed by atoms with E-state index in [0.29, 0.717) is 0 Å². The van der Waals surface area contributed by atoms with Gasteiger partial charge in [-0.1, -0.05) is 0 Å². The fourth-order valence-corrected chi connectivity index (χ4v) is 3.06. The van der Waals surface area contributed by atoms with E-state index in [1.54, 1.807) is 0 Å². The van der Waals surface area contributed by atoms with Gasteiger partial charge in [0.25, 0.3) is 0 Å². The van der Waals surface area contributed by atoms with Gasteiger partial charge in [-0.25, -0.2) is 9.13 Å². The van der Waals surface area contributed by atoms with Crippen molar-refractivity contribution < 1.29 is 82.7 Å². The summed E-state index contributed by atoms with van der Waals surface area (Å²) in [7, 11) is -10.4. The molecular formula is C12H24O17P2. The van der Waals surface area contributed by atoms with E-state index < -0.39 is 77.7 Å². The Morgan fingerprint density at radius 3 is 1.55 bits per heavy atom. The van der Waals surface area contributed by atoms with Crippen molar-refractivity contribution in [2.75, 3.05) is 13.2 Å². The maximum atomic E-state index is 11.8. The topological polar surface area (TPSA) is 298 Å². The maximum absolute atomic E-state index is 11.8. The van der Waals surface area contributed by atoms with Gasteiger partial charge in [0, 0.05) is 0 Å². The van der Waals surface area contributed by atoms with E-state index in [-0.39, 0.29) is 12.6 Å². The number of carbonyl (C=O) groups is 2. The van der Waals surface area contributed by atoms with E-state index in [1.807, 2.05) is 0 Å². The highest BCUT2D eigenvalue weighted by atomic mass is 31.2. The van der Waals surface area contributed by atoms with Crippen molar-refractivity contribution in [1.29, 1.82) is 0 Å². The van der Waals surface area contributed by atoms with Gasteiger partial charge in [-0.3, -0.25) is 13.6 Å². The summed E-state index contributed by atoms with van der Waals surface area (Å²) in [5.74, 6) is 0. The molecular weight excluding hydrogens is 478 g/mol. The van der Waals surface area contributed by atoms with Crippen LogP contribution >= 0.6 is 15.6 Å².